The van der Waals surface area contributed by atoms with Crippen molar-refractivity contribution in [2.45, 2.75) is 0 Å². The minimum atomic E-state index is -1.07. The molecule has 0 spiro atoms. The lowest BCUT2D eigenvalue weighted by Crippen LogP contribution is -2.44. The van der Waals surface area contributed by atoms with Gasteiger partial charge in [0, 0.05) is 20.6 Å². The highest BCUT2D eigenvalue weighted by Gasteiger charge is 2.44. The summed E-state index contributed by atoms with van der Waals surface area (Å²) in [5.41, 5.74) is 0. The van der Waals surface area contributed by atoms with Crippen LogP contribution in [0.15, 0.2) is 12.7 Å². The molecule has 0 saturated carbocycles. The fourth-order valence-corrected chi connectivity index (χ4v) is 1.51. The zero-order valence-electron chi connectivity index (χ0n) is 11.8. The first-order chi connectivity index (χ1) is 9.79. The molecule has 0 aromatic heterocycles. The normalized spacial score (nSPS) is 14.5. The molecular formula is C12H16N4O5. The standard InChI is InChI=1S/C12H16N4O5/c1-4-5-15-10(19)11(20)16(12(15)21)7-8(17)13-6-9(18)14(2)3/h4H,1,5-7H2,2-3H3,(H,13,17). The number of urea groups is 1. The van der Waals surface area contributed by atoms with Crippen molar-refractivity contribution >= 4 is 29.7 Å². The summed E-state index contributed by atoms with van der Waals surface area (Å²) in [7, 11) is 3.04. The molecule has 1 aliphatic heterocycles. The molecule has 0 aliphatic carbocycles. The van der Waals surface area contributed by atoms with E-state index in [9.17, 15) is 24.0 Å². The molecule has 0 radical (unpaired) electrons. The van der Waals surface area contributed by atoms with Gasteiger partial charge in [-0.25, -0.2) is 9.69 Å². The zero-order chi connectivity index (χ0) is 16.2. The van der Waals surface area contributed by atoms with E-state index in [-0.39, 0.29) is 19.0 Å². The molecule has 0 bridgehead atoms. The number of nitrogens with one attached hydrogen (secondary N) is 1. The predicted molar refractivity (Wildman–Crippen MR) is 70.7 cm³/mol. The van der Waals surface area contributed by atoms with Crippen molar-refractivity contribution in [3.63, 3.8) is 0 Å². The number of nitrogens with zero attached hydrogens (tertiary/aromatic N) is 3. The molecule has 1 saturated heterocycles. The van der Waals surface area contributed by atoms with E-state index in [1.54, 1.807) is 0 Å². The molecular weight excluding hydrogens is 280 g/mol. The van der Waals surface area contributed by atoms with E-state index < -0.39 is 30.3 Å². The fourth-order valence-electron chi connectivity index (χ4n) is 1.51. The Hall–Kier alpha value is -2.71. The van der Waals surface area contributed by atoms with Gasteiger partial charge in [-0.3, -0.25) is 24.1 Å². The van der Waals surface area contributed by atoms with E-state index in [1.807, 2.05) is 0 Å². The Morgan fingerprint density at radius 1 is 1.19 bits per heavy atom. The molecule has 6 amide bonds. The maximum absolute atomic E-state index is 11.8. The summed E-state index contributed by atoms with van der Waals surface area (Å²) >= 11 is 0. The maximum atomic E-state index is 11.8. The highest BCUT2D eigenvalue weighted by atomic mass is 16.2. The number of hydrogen-bond acceptors (Lipinski definition) is 5. The lowest BCUT2D eigenvalue weighted by molar-refractivity contribution is -0.143. The van der Waals surface area contributed by atoms with Crippen molar-refractivity contribution in [2.75, 3.05) is 33.7 Å². The van der Waals surface area contributed by atoms with E-state index in [0.29, 0.717) is 9.80 Å². The second-order valence-electron chi connectivity index (χ2n) is 4.44. The van der Waals surface area contributed by atoms with Gasteiger partial charge in [-0.15, -0.1) is 6.58 Å². The molecule has 1 aliphatic rings. The summed E-state index contributed by atoms with van der Waals surface area (Å²) in [5, 5.41) is 2.27. The van der Waals surface area contributed by atoms with Crippen LogP contribution in [0.5, 0.6) is 0 Å². The zero-order valence-corrected chi connectivity index (χ0v) is 11.8. The van der Waals surface area contributed by atoms with E-state index in [1.165, 1.54) is 25.1 Å². The van der Waals surface area contributed by atoms with Crippen LogP contribution in [0.4, 0.5) is 4.79 Å². The highest BCUT2D eigenvalue weighted by Crippen LogP contribution is 2.11. The van der Waals surface area contributed by atoms with Crippen LogP contribution in [0.3, 0.4) is 0 Å². The largest absolute Gasteiger partial charge is 0.347 e. The van der Waals surface area contributed by atoms with Gasteiger partial charge in [-0.05, 0) is 0 Å². The van der Waals surface area contributed by atoms with Crippen LogP contribution in [0.25, 0.3) is 0 Å². The summed E-state index contributed by atoms with van der Waals surface area (Å²) in [5.74, 6) is -3.13. The van der Waals surface area contributed by atoms with Crippen LogP contribution in [0, 0.1) is 0 Å². The molecule has 9 heteroatoms. The number of amides is 6. The Kier molecular flexibility index (Phi) is 5.17. The summed E-state index contributed by atoms with van der Waals surface area (Å²) in [4.78, 5) is 60.3. The Bertz CT molecular complexity index is 514. The molecule has 1 rings (SSSR count). The Morgan fingerprint density at radius 3 is 2.29 bits per heavy atom. The van der Waals surface area contributed by atoms with Gasteiger partial charge in [0.25, 0.3) is 0 Å². The van der Waals surface area contributed by atoms with E-state index >= 15 is 0 Å². The first kappa shape index (κ1) is 16.3. The second kappa shape index (κ2) is 6.64. The molecule has 9 nitrogen and oxygen atoms in total. The number of hydrogen-bond donors (Lipinski definition) is 1. The van der Waals surface area contributed by atoms with Crippen molar-refractivity contribution in [3.05, 3.63) is 12.7 Å². The third kappa shape index (κ3) is 3.65. The Balaban J connectivity index is 2.62. The number of carbonyl (C=O) groups excluding carboxylic acids is 5. The second-order valence-corrected chi connectivity index (χ2v) is 4.44. The SMILES string of the molecule is C=CCN1C(=O)C(=O)N(CC(=O)NCC(=O)N(C)C)C1=O. The van der Waals surface area contributed by atoms with Crippen LogP contribution in [0.1, 0.15) is 0 Å². The van der Waals surface area contributed by atoms with Gasteiger partial charge in [-0.2, -0.15) is 0 Å². The maximum Gasteiger partial charge on any atom is 0.335 e. The van der Waals surface area contributed by atoms with Gasteiger partial charge < -0.3 is 10.2 Å². The van der Waals surface area contributed by atoms with Crippen LogP contribution in [-0.2, 0) is 19.2 Å². The molecule has 0 aromatic carbocycles. The molecule has 0 aromatic rings. The van der Waals surface area contributed by atoms with Gasteiger partial charge in [0.15, 0.2) is 0 Å². The summed E-state index contributed by atoms with van der Waals surface area (Å²) < 4.78 is 0. The first-order valence-electron chi connectivity index (χ1n) is 6.04. The lowest BCUT2D eigenvalue weighted by Gasteiger charge is -2.15. The van der Waals surface area contributed by atoms with Crippen molar-refractivity contribution in [1.29, 1.82) is 0 Å². The van der Waals surface area contributed by atoms with Crippen LogP contribution >= 0.6 is 0 Å². The van der Waals surface area contributed by atoms with Crippen molar-refractivity contribution < 1.29 is 24.0 Å². The van der Waals surface area contributed by atoms with Gasteiger partial charge in [0.1, 0.15) is 6.54 Å². The van der Waals surface area contributed by atoms with Gasteiger partial charge in [0.05, 0.1) is 6.54 Å². The van der Waals surface area contributed by atoms with Crippen LogP contribution in [0.2, 0.25) is 0 Å². The average molecular weight is 296 g/mol. The molecule has 1 fully saturated rings. The van der Waals surface area contributed by atoms with E-state index in [0.717, 1.165) is 0 Å². The average Bonchev–Trinajstić information content (AvgIpc) is 2.62. The van der Waals surface area contributed by atoms with Crippen molar-refractivity contribution in [3.8, 4) is 0 Å². The van der Waals surface area contributed by atoms with E-state index in [4.69, 9.17) is 0 Å². The highest BCUT2D eigenvalue weighted by molar-refractivity contribution is 6.45. The number of carbonyl (C=O) groups is 5. The fraction of sp³-hybridized carbons (Fsp3) is 0.417. The Morgan fingerprint density at radius 2 is 1.76 bits per heavy atom. The van der Waals surface area contributed by atoms with Gasteiger partial charge >= 0.3 is 17.8 Å². The first-order valence-corrected chi connectivity index (χ1v) is 6.04. The Labute approximate surface area is 121 Å². The third-order valence-corrected chi connectivity index (χ3v) is 2.68. The minimum Gasteiger partial charge on any atom is -0.347 e. The lowest BCUT2D eigenvalue weighted by atomic mass is 10.4. The summed E-state index contributed by atoms with van der Waals surface area (Å²) in [6.45, 7) is 2.39. The predicted octanol–water partition coefficient (Wildman–Crippen LogP) is -1.83. The smallest absolute Gasteiger partial charge is 0.335 e. The molecule has 21 heavy (non-hydrogen) atoms. The van der Waals surface area contributed by atoms with E-state index in [2.05, 4.69) is 11.9 Å². The third-order valence-electron chi connectivity index (χ3n) is 2.68. The van der Waals surface area contributed by atoms with Crippen LogP contribution < -0.4 is 5.32 Å². The van der Waals surface area contributed by atoms with Gasteiger partial charge in [-0.1, -0.05) is 6.08 Å². The molecule has 1 heterocycles. The minimum absolute atomic E-state index is 0.110. The molecule has 114 valence electrons. The molecule has 0 atom stereocenters. The summed E-state index contributed by atoms with van der Waals surface area (Å²) in [6.07, 6.45) is 1.29. The number of rotatable bonds is 6. The molecule has 1 N–H and O–H groups in total. The number of likely N-dealkylation sites (N-methyl/N-ethyl adjacent to an activating group) is 1. The van der Waals surface area contributed by atoms with Crippen LogP contribution in [-0.4, -0.2) is 78.1 Å². The van der Waals surface area contributed by atoms with Gasteiger partial charge in [0.2, 0.25) is 11.8 Å². The quantitative estimate of drug-likeness (QED) is 0.352. The van der Waals surface area contributed by atoms with Crippen molar-refractivity contribution in [1.82, 2.24) is 20.0 Å². The summed E-state index contributed by atoms with van der Waals surface area (Å²) in [6, 6.07) is -0.876. The molecule has 0 unspecified atom stereocenters. The monoisotopic (exact) mass is 296 g/mol. The topological polar surface area (TPSA) is 107 Å². The van der Waals surface area contributed by atoms with Crippen molar-refractivity contribution in [2.24, 2.45) is 0 Å². The number of imide groups is 2.